The maximum absolute atomic E-state index is 10.4. The second-order valence-corrected chi connectivity index (χ2v) is 2.91. The largest absolute Gasteiger partial charge is 1.00 e. The minimum absolute atomic E-state index is 0. The van der Waals surface area contributed by atoms with Crippen LogP contribution in [0.15, 0.2) is 30.3 Å². The average Bonchev–Trinajstić information content (AvgIpc) is 2.06. The third-order valence-electron chi connectivity index (χ3n) is 1.79. The van der Waals surface area contributed by atoms with E-state index in [0.29, 0.717) is 6.42 Å². The number of carbonyl (C=O) groups excluding carboxylic acids is 1. The van der Waals surface area contributed by atoms with E-state index in [4.69, 9.17) is 0 Å². The normalized spacial score (nSPS) is 11.5. The van der Waals surface area contributed by atoms with Crippen molar-refractivity contribution in [1.29, 1.82) is 0 Å². The molecule has 2 nitrogen and oxygen atoms in total. The predicted molar refractivity (Wildman–Crippen MR) is 44.3 cm³/mol. The Morgan fingerprint density at radius 3 is 2.38 bits per heavy atom. The molecular formula is C10H11AgO2. The van der Waals surface area contributed by atoms with Gasteiger partial charge < -0.3 is 9.90 Å². The summed E-state index contributed by atoms with van der Waals surface area (Å²) in [6.45, 7) is 1.66. The molecule has 0 aliphatic carbocycles. The molecule has 0 amide bonds. The summed E-state index contributed by atoms with van der Waals surface area (Å²) < 4.78 is 0. The Balaban J connectivity index is 0.00000144. The molecule has 0 fully saturated rings. The summed E-state index contributed by atoms with van der Waals surface area (Å²) in [5.41, 5.74) is 1.04. The third-order valence-corrected chi connectivity index (χ3v) is 1.79. The molecule has 0 radical (unpaired) electrons. The standard InChI is InChI=1S/C10H12O2.Ag/c1-8(10(11)12)7-9-5-3-2-4-6-9;/h2-6,8H,7H2,1H3,(H,11,12);/q;+1/p-1. The van der Waals surface area contributed by atoms with Crippen LogP contribution in [0.25, 0.3) is 0 Å². The van der Waals surface area contributed by atoms with E-state index in [1.165, 1.54) is 0 Å². The first-order valence-electron chi connectivity index (χ1n) is 3.95. The Kier molecular flexibility index (Phi) is 5.71. The fourth-order valence-corrected chi connectivity index (χ4v) is 1.05. The number of carboxylic acid groups (broad SMARTS) is 1. The minimum Gasteiger partial charge on any atom is -0.550 e. The Morgan fingerprint density at radius 2 is 1.92 bits per heavy atom. The first kappa shape index (κ1) is 12.4. The van der Waals surface area contributed by atoms with Crippen molar-refractivity contribution in [2.24, 2.45) is 5.92 Å². The second-order valence-electron chi connectivity index (χ2n) is 2.91. The molecule has 1 rings (SSSR count). The molecule has 74 valence electrons. The van der Waals surface area contributed by atoms with Crippen LogP contribution in [-0.4, -0.2) is 5.97 Å². The minimum atomic E-state index is -0.987. The average molecular weight is 271 g/mol. The molecule has 13 heavy (non-hydrogen) atoms. The Bertz CT molecular complexity index is 259. The first-order valence-corrected chi connectivity index (χ1v) is 3.95. The van der Waals surface area contributed by atoms with Crippen molar-refractivity contribution in [2.75, 3.05) is 0 Å². The predicted octanol–water partition coefficient (Wildman–Crippen LogP) is 0.613. The Morgan fingerprint density at radius 1 is 1.38 bits per heavy atom. The number of hydrogen-bond donors (Lipinski definition) is 0. The van der Waals surface area contributed by atoms with Gasteiger partial charge in [-0.2, -0.15) is 0 Å². The monoisotopic (exact) mass is 270 g/mol. The van der Waals surface area contributed by atoms with Gasteiger partial charge in [-0.15, -0.1) is 0 Å². The first-order chi connectivity index (χ1) is 5.70. The molecule has 0 saturated heterocycles. The Hall–Kier alpha value is -0.570. The van der Waals surface area contributed by atoms with E-state index in [1.54, 1.807) is 6.92 Å². The van der Waals surface area contributed by atoms with E-state index in [-0.39, 0.29) is 22.4 Å². The maximum Gasteiger partial charge on any atom is 1.00 e. The molecule has 0 aliphatic heterocycles. The van der Waals surface area contributed by atoms with Gasteiger partial charge in [-0.3, -0.25) is 0 Å². The molecule has 0 spiro atoms. The summed E-state index contributed by atoms with van der Waals surface area (Å²) in [6, 6.07) is 9.54. The number of benzene rings is 1. The van der Waals surface area contributed by atoms with Crippen molar-refractivity contribution >= 4 is 5.97 Å². The molecule has 0 heterocycles. The molecule has 0 aromatic heterocycles. The van der Waals surface area contributed by atoms with Gasteiger partial charge in [0, 0.05) is 5.97 Å². The number of carboxylic acids is 1. The summed E-state index contributed by atoms with van der Waals surface area (Å²) in [5, 5.41) is 10.4. The van der Waals surface area contributed by atoms with Gasteiger partial charge in [0.2, 0.25) is 0 Å². The van der Waals surface area contributed by atoms with Crippen molar-refractivity contribution in [2.45, 2.75) is 13.3 Å². The van der Waals surface area contributed by atoms with Crippen LogP contribution in [0, 0.1) is 5.92 Å². The number of aliphatic carboxylic acids is 1. The maximum atomic E-state index is 10.4. The van der Waals surface area contributed by atoms with Crippen LogP contribution in [0.3, 0.4) is 0 Å². The quantitative estimate of drug-likeness (QED) is 0.756. The van der Waals surface area contributed by atoms with E-state index < -0.39 is 11.9 Å². The molecule has 0 N–H and O–H groups in total. The van der Waals surface area contributed by atoms with Crippen molar-refractivity contribution in [3.63, 3.8) is 0 Å². The molecule has 1 unspecified atom stereocenters. The number of hydrogen-bond acceptors (Lipinski definition) is 2. The number of rotatable bonds is 3. The van der Waals surface area contributed by atoms with Gasteiger partial charge in [0.05, 0.1) is 0 Å². The summed E-state index contributed by atoms with van der Waals surface area (Å²) in [6.07, 6.45) is 0.545. The van der Waals surface area contributed by atoms with Crippen LogP contribution in [0.5, 0.6) is 0 Å². The fraction of sp³-hybridized carbons (Fsp3) is 0.300. The van der Waals surface area contributed by atoms with Crippen LogP contribution in [0.1, 0.15) is 12.5 Å². The molecule has 1 aromatic carbocycles. The summed E-state index contributed by atoms with van der Waals surface area (Å²) in [5.74, 6) is -1.40. The fourth-order valence-electron chi connectivity index (χ4n) is 1.05. The van der Waals surface area contributed by atoms with Crippen molar-refractivity contribution < 1.29 is 32.3 Å². The molecule has 1 aromatic rings. The van der Waals surface area contributed by atoms with Gasteiger partial charge in [-0.25, -0.2) is 0 Å². The van der Waals surface area contributed by atoms with E-state index in [2.05, 4.69) is 0 Å². The smallest absolute Gasteiger partial charge is 0.550 e. The van der Waals surface area contributed by atoms with Crippen molar-refractivity contribution in [3.8, 4) is 0 Å². The van der Waals surface area contributed by atoms with Gasteiger partial charge in [-0.05, 0) is 17.9 Å². The SMILES string of the molecule is CC(Cc1ccccc1)C(=O)[O-].[Ag+]. The Labute approximate surface area is 93.5 Å². The number of carbonyl (C=O) groups is 1. The van der Waals surface area contributed by atoms with Crippen LogP contribution in [0.2, 0.25) is 0 Å². The van der Waals surface area contributed by atoms with Crippen LogP contribution in [0.4, 0.5) is 0 Å². The summed E-state index contributed by atoms with van der Waals surface area (Å²) in [7, 11) is 0. The molecule has 0 aliphatic rings. The van der Waals surface area contributed by atoms with Crippen molar-refractivity contribution in [3.05, 3.63) is 35.9 Å². The van der Waals surface area contributed by atoms with Crippen LogP contribution >= 0.6 is 0 Å². The van der Waals surface area contributed by atoms with Crippen LogP contribution in [-0.2, 0) is 33.6 Å². The summed E-state index contributed by atoms with van der Waals surface area (Å²) >= 11 is 0. The second kappa shape index (κ2) is 5.97. The van der Waals surface area contributed by atoms with Gasteiger partial charge in [-0.1, -0.05) is 37.3 Å². The topological polar surface area (TPSA) is 40.1 Å². The third kappa shape index (κ3) is 4.27. The van der Waals surface area contributed by atoms with E-state index in [9.17, 15) is 9.90 Å². The van der Waals surface area contributed by atoms with Gasteiger partial charge in [0.25, 0.3) is 0 Å². The van der Waals surface area contributed by atoms with E-state index in [0.717, 1.165) is 5.56 Å². The van der Waals surface area contributed by atoms with E-state index in [1.807, 2.05) is 30.3 Å². The van der Waals surface area contributed by atoms with Crippen LogP contribution < -0.4 is 5.11 Å². The molecule has 0 saturated carbocycles. The van der Waals surface area contributed by atoms with Crippen molar-refractivity contribution in [1.82, 2.24) is 0 Å². The summed E-state index contributed by atoms with van der Waals surface area (Å²) in [4.78, 5) is 10.4. The zero-order chi connectivity index (χ0) is 8.97. The van der Waals surface area contributed by atoms with Gasteiger partial charge in [0.15, 0.2) is 0 Å². The van der Waals surface area contributed by atoms with Gasteiger partial charge >= 0.3 is 22.4 Å². The molecular weight excluding hydrogens is 260 g/mol. The molecule has 3 heteroatoms. The van der Waals surface area contributed by atoms with E-state index >= 15 is 0 Å². The molecule has 0 bridgehead atoms. The zero-order valence-corrected chi connectivity index (χ0v) is 8.77. The molecule has 1 atom stereocenters. The zero-order valence-electron chi connectivity index (χ0n) is 7.29. The van der Waals surface area contributed by atoms with Gasteiger partial charge in [0.1, 0.15) is 0 Å².